The average Bonchev–Trinajstić information content (AvgIpc) is 2.70. The molecule has 0 aliphatic heterocycles. The van der Waals surface area contributed by atoms with Crippen LogP contribution in [0.4, 0.5) is 0 Å². The lowest BCUT2D eigenvalue weighted by atomic mass is 9.88. The number of hydrogen-bond donors (Lipinski definition) is 0. The topological polar surface area (TPSA) is 65.5 Å². The second-order valence-electron chi connectivity index (χ2n) is 8.70. The van der Waals surface area contributed by atoms with Crippen molar-refractivity contribution in [3.8, 4) is 0 Å². The number of alkyl halides is 4. The molecule has 4 unspecified atom stereocenters. The van der Waals surface area contributed by atoms with Crippen molar-refractivity contribution in [2.75, 3.05) is 0 Å². The number of carbonyl (C=O) groups is 2. The third kappa shape index (κ3) is 5.27. The lowest BCUT2D eigenvalue weighted by molar-refractivity contribution is 0.0315. The van der Waals surface area contributed by atoms with Crippen LogP contribution in [0.2, 0.25) is 0 Å². The fourth-order valence-corrected chi connectivity index (χ4v) is 4.67. The summed E-state index contributed by atoms with van der Waals surface area (Å²) in [5, 5.41) is 0. The molecule has 0 aromatic carbocycles. The molecule has 0 spiro atoms. The van der Waals surface area contributed by atoms with E-state index in [-0.39, 0.29) is 23.0 Å². The number of esters is 2. The maximum Gasteiger partial charge on any atom is 0.340 e. The molecular formula is C23H25Cl4NO4. The molecule has 2 aliphatic rings. The van der Waals surface area contributed by atoms with Crippen molar-refractivity contribution in [2.24, 2.45) is 11.8 Å². The fourth-order valence-electron chi connectivity index (χ4n) is 3.93. The number of hydrogen-bond acceptors (Lipinski definition) is 5. The van der Waals surface area contributed by atoms with Gasteiger partial charge in [0.15, 0.2) is 20.9 Å². The van der Waals surface area contributed by atoms with Crippen LogP contribution < -0.4 is 0 Å². The minimum Gasteiger partial charge on any atom is -0.451 e. The van der Waals surface area contributed by atoms with Crippen LogP contribution in [0, 0.1) is 11.8 Å². The van der Waals surface area contributed by atoms with Gasteiger partial charge >= 0.3 is 11.9 Å². The standard InChI is InChI=1S/C23H25Cl4NO4/c1-12-5-14(3)22(24,25)18(7-12)31-20(29)16-9-17(11-28-10-16)21(30)32-19-8-13(2)6-15(4)23(19,26)27/h7-11,14-15,18-19H,5-6H2,1-4H3. The van der Waals surface area contributed by atoms with Crippen molar-refractivity contribution in [2.45, 2.75) is 61.4 Å². The molecule has 0 bridgehead atoms. The molecule has 0 radical (unpaired) electrons. The Bertz CT molecular complexity index is 899. The van der Waals surface area contributed by atoms with E-state index in [2.05, 4.69) is 4.98 Å². The maximum absolute atomic E-state index is 12.8. The van der Waals surface area contributed by atoms with Gasteiger partial charge in [-0.05, 0) is 56.7 Å². The number of nitrogens with zero attached hydrogens (tertiary/aromatic N) is 1. The Kier molecular flexibility index (Phi) is 7.56. The number of aromatic nitrogens is 1. The van der Waals surface area contributed by atoms with Gasteiger partial charge in [0.25, 0.3) is 0 Å². The van der Waals surface area contributed by atoms with Crippen molar-refractivity contribution < 1.29 is 19.1 Å². The van der Waals surface area contributed by atoms with Crippen molar-refractivity contribution in [1.29, 1.82) is 0 Å². The van der Waals surface area contributed by atoms with Gasteiger partial charge in [-0.2, -0.15) is 0 Å². The van der Waals surface area contributed by atoms with Crippen LogP contribution in [0.1, 0.15) is 61.3 Å². The quantitative estimate of drug-likeness (QED) is 0.259. The first-order valence-corrected chi connectivity index (χ1v) is 11.8. The Hall–Kier alpha value is -1.27. The van der Waals surface area contributed by atoms with Crippen LogP contribution in [-0.4, -0.2) is 37.8 Å². The zero-order chi connectivity index (χ0) is 23.8. The first kappa shape index (κ1) is 25.4. The molecule has 0 saturated carbocycles. The van der Waals surface area contributed by atoms with Crippen LogP contribution in [-0.2, 0) is 9.47 Å². The zero-order valence-electron chi connectivity index (χ0n) is 18.2. The molecule has 2 aliphatic carbocycles. The van der Waals surface area contributed by atoms with Gasteiger partial charge in [-0.15, -0.1) is 0 Å². The highest BCUT2D eigenvalue weighted by molar-refractivity contribution is 6.49. The van der Waals surface area contributed by atoms with E-state index in [0.29, 0.717) is 12.8 Å². The minimum absolute atomic E-state index is 0.0691. The Morgan fingerprint density at radius 2 is 1.22 bits per heavy atom. The third-order valence-electron chi connectivity index (χ3n) is 5.88. The van der Waals surface area contributed by atoms with Crippen LogP contribution in [0.3, 0.4) is 0 Å². The summed E-state index contributed by atoms with van der Waals surface area (Å²) in [6, 6.07) is 1.34. The summed E-state index contributed by atoms with van der Waals surface area (Å²) < 4.78 is 8.59. The monoisotopic (exact) mass is 519 g/mol. The lowest BCUT2D eigenvalue weighted by Crippen LogP contribution is -2.42. The molecule has 9 heteroatoms. The highest BCUT2D eigenvalue weighted by Crippen LogP contribution is 2.44. The molecule has 174 valence electrons. The minimum atomic E-state index is -1.26. The Morgan fingerprint density at radius 1 is 0.844 bits per heavy atom. The van der Waals surface area contributed by atoms with E-state index in [1.807, 2.05) is 27.7 Å². The molecule has 0 amide bonds. The first-order valence-electron chi connectivity index (χ1n) is 10.3. The summed E-state index contributed by atoms with van der Waals surface area (Å²) in [5.41, 5.74) is 2.19. The fraction of sp³-hybridized carbons (Fsp3) is 0.522. The summed E-state index contributed by atoms with van der Waals surface area (Å²) in [4.78, 5) is 29.5. The Labute approximate surface area is 208 Å². The van der Waals surface area contributed by atoms with Crippen LogP contribution >= 0.6 is 46.4 Å². The first-order chi connectivity index (χ1) is 14.8. The van der Waals surface area contributed by atoms with Gasteiger partial charge in [-0.25, -0.2) is 9.59 Å². The van der Waals surface area contributed by atoms with E-state index in [1.54, 1.807) is 12.2 Å². The van der Waals surface area contributed by atoms with Crippen molar-refractivity contribution in [1.82, 2.24) is 4.98 Å². The van der Waals surface area contributed by atoms with Crippen molar-refractivity contribution >= 4 is 58.3 Å². The van der Waals surface area contributed by atoms with Gasteiger partial charge in [0.2, 0.25) is 0 Å². The number of ether oxygens (including phenoxy) is 2. The van der Waals surface area contributed by atoms with E-state index in [4.69, 9.17) is 55.9 Å². The lowest BCUT2D eigenvalue weighted by Gasteiger charge is -2.37. The van der Waals surface area contributed by atoms with E-state index < -0.39 is 32.8 Å². The summed E-state index contributed by atoms with van der Waals surface area (Å²) >= 11 is 25.8. The molecular weight excluding hydrogens is 496 g/mol. The molecule has 1 heterocycles. The maximum atomic E-state index is 12.8. The average molecular weight is 521 g/mol. The predicted molar refractivity (Wildman–Crippen MR) is 127 cm³/mol. The van der Waals surface area contributed by atoms with Crippen LogP contribution in [0.15, 0.2) is 41.8 Å². The summed E-state index contributed by atoms with van der Waals surface area (Å²) in [6.07, 6.45) is 5.83. The highest BCUT2D eigenvalue weighted by atomic mass is 35.5. The molecule has 0 N–H and O–H groups in total. The van der Waals surface area contributed by atoms with Crippen molar-refractivity contribution in [3.63, 3.8) is 0 Å². The van der Waals surface area contributed by atoms with Gasteiger partial charge in [0.1, 0.15) is 0 Å². The molecule has 0 fully saturated rings. The number of pyridine rings is 1. The Morgan fingerprint density at radius 3 is 1.59 bits per heavy atom. The van der Waals surface area contributed by atoms with E-state index >= 15 is 0 Å². The molecule has 5 nitrogen and oxygen atoms in total. The van der Waals surface area contributed by atoms with Gasteiger partial charge < -0.3 is 9.47 Å². The summed E-state index contributed by atoms with van der Waals surface area (Å²) in [6.45, 7) is 7.64. The molecule has 3 rings (SSSR count). The molecule has 4 atom stereocenters. The number of allylic oxidation sites excluding steroid dienone is 2. The SMILES string of the molecule is CC1=CC(OC(=O)c2cncc(C(=O)OC3C=C(C)CC(C)C3(Cl)Cl)c2)C(Cl)(Cl)C(C)C1. The van der Waals surface area contributed by atoms with E-state index in [9.17, 15) is 9.59 Å². The molecule has 0 saturated heterocycles. The van der Waals surface area contributed by atoms with Crippen molar-refractivity contribution in [3.05, 3.63) is 52.9 Å². The number of halogens is 4. The highest BCUT2D eigenvalue weighted by Gasteiger charge is 2.45. The van der Waals surface area contributed by atoms with E-state index in [0.717, 1.165) is 11.1 Å². The molecule has 32 heavy (non-hydrogen) atoms. The second kappa shape index (κ2) is 9.54. The van der Waals surface area contributed by atoms with Gasteiger partial charge in [0.05, 0.1) is 11.1 Å². The second-order valence-corrected chi connectivity index (χ2v) is 11.6. The van der Waals surface area contributed by atoms with Crippen LogP contribution in [0.5, 0.6) is 0 Å². The van der Waals surface area contributed by atoms with Crippen LogP contribution in [0.25, 0.3) is 0 Å². The number of carbonyl (C=O) groups excluding carboxylic acids is 2. The normalized spacial score (nSPS) is 28.9. The third-order valence-corrected chi connectivity index (χ3v) is 8.23. The zero-order valence-corrected chi connectivity index (χ0v) is 21.2. The number of rotatable bonds is 4. The molecule has 1 aromatic rings. The van der Waals surface area contributed by atoms with Gasteiger partial charge in [-0.3, -0.25) is 4.98 Å². The molecule has 1 aromatic heterocycles. The summed E-state index contributed by atoms with van der Waals surface area (Å²) in [5.74, 6) is -1.61. The van der Waals surface area contributed by atoms with Gasteiger partial charge in [0, 0.05) is 12.4 Å². The predicted octanol–water partition coefficient (Wildman–Crippen LogP) is 6.45. The smallest absolute Gasteiger partial charge is 0.340 e. The largest absolute Gasteiger partial charge is 0.451 e. The van der Waals surface area contributed by atoms with E-state index in [1.165, 1.54) is 18.5 Å². The van der Waals surface area contributed by atoms with Gasteiger partial charge in [-0.1, -0.05) is 71.4 Å². The Balaban J connectivity index is 1.76. The summed E-state index contributed by atoms with van der Waals surface area (Å²) in [7, 11) is 0.